The molecule has 0 saturated heterocycles. The van der Waals surface area contributed by atoms with Crippen LogP contribution in [-0.2, 0) is 13.0 Å². The summed E-state index contributed by atoms with van der Waals surface area (Å²) in [5.41, 5.74) is 3.18. The second-order valence-electron chi connectivity index (χ2n) is 7.13. The van der Waals surface area contributed by atoms with Gasteiger partial charge in [0, 0.05) is 36.4 Å². The lowest BCUT2D eigenvalue weighted by molar-refractivity contribution is 0.244. The second kappa shape index (κ2) is 7.40. The first-order valence-electron chi connectivity index (χ1n) is 9.19. The summed E-state index contributed by atoms with van der Waals surface area (Å²) in [7, 11) is 4.02. The van der Waals surface area contributed by atoms with Crippen molar-refractivity contribution in [3.8, 4) is 11.8 Å². The van der Waals surface area contributed by atoms with Gasteiger partial charge < -0.3 is 19.6 Å². The number of phenols is 1. The van der Waals surface area contributed by atoms with Crippen LogP contribution in [0, 0.1) is 0 Å². The molecule has 0 amide bonds. The molecule has 1 aliphatic rings. The fourth-order valence-corrected chi connectivity index (χ4v) is 3.42. The molecule has 6 heteroatoms. The molecule has 2 heterocycles. The van der Waals surface area contributed by atoms with E-state index in [0.29, 0.717) is 19.2 Å². The van der Waals surface area contributed by atoms with Crippen LogP contribution in [-0.4, -0.2) is 53.8 Å². The zero-order valence-corrected chi connectivity index (χ0v) is 15.7. The van der Waals surface area contributed by atoms with E-state index in [9.17, 15) is 5.11 Å². The third-order valence-electron chi connectivity index (χ3n) is 4.86. The molecule has 0 spiro atoms. The fraction of sp³-hybridized carbons (Fsp3) is 0.333. The smallest absolute Gasteiger partial charge is 0.316 e. The third kappa shape index (κ3) is 3.80. The maximum absolute atomic E-state index is 10.1. The van der Waals surface area contributed by atoms with Crippen LogP contribution in [0.2, 0.25) is 0 Å². The molecule has 0 bridgehead atoms. The van der Waals surface area contributed by atoms with Gasteiger partial charge in [-0.3, -0.25) is 0 Å². The molecule has 0 radical (unpaired) electrons. The molecule has 1 N–H and O–H groups in total. The lowest BCUT2D eigenvalue weighted by atomic mass is 10.0. The van der Waals surface area contributed by atoms with Gasteiger partial charge in [0.2, 0.25) is 0 Å². The Labute approximate surface area is 159 Å². The summed E-state index contributed by atoms with van der Waals surface area (Å²) < 4.78 is 5.69. The summed E-state index contributed by atoms with van der Waals surface area (Å²) in [6.07, 6.45) is 2.75. The minimum Gasteiger partial charge on any atom is -0.508 e. The van der Waals surface area contributed by atoms with Crippen LogP contribution < -0.4 is 9.64 Å². The molecule has 3 aromatic rings. The first-order chi connectivity index (χ1) is 13.1. The quantitative estimate of drug-likeness (QED) is 0.751. The predicted octanol–water partition coefficient (Wildman–Crippen LogP) is 2.84. The fourth-order valence-electron chi connectivity index (χ4n) is 3.42. The number of aromatic nitrogens is 2. The van der Waals surface area contributed by atoms with Crippen molar-refractivity contribution in [3.05, 3.63) is 53.9 Å². The van der Waals surface area contributed by atoms with E-state index >= 15 is 0 Å². The van der Waals surface area contributed by atoms with E-state index in [0.717, 1.165) is 47.2 Å². The van der Waals surface area contributed by atoms with E-state index in [2.05, 4.69) is 25.8 Å². The lowest BCUT2D eigenvalue weighted by Crippen LogP contribution is -2.31. The van der Waals surface area contributed by atoms with Crippen LogP contribution in [0.25, 0.3) is 10.8 Å². The summed E-state index contributed by atoms with van der Waals surface area (Å²) >= 11 is 0. The van der Waals surface area contributed by atoms with Gasteiger partial charge in [-0.25, -0.2) is 4.98 Å². The van der Waals surface area contributed by atoms with Crippen LogP contribution in [0.5, 0.6) is 11.8 Å². The van der Waals surface area contributed by atoms with Gasteiger partial charge in [0.15, 0.2) is 0 Å². The third-order valence-corrected chi connectivity index (χ3v) is 4.86. The number of likely N-dealkylation sites (N-methyl/N-ethyl adjacent to an activating group) is 1. The molecule has 6 nitrogen and oxygen atoms in total. The topological polar surface area (TPSA) is 61.7 Å². The Bertz CT molecular complexity index is 958. The number of nitrogens with zero attached hydrogens (tertiary/aromatic N) is 4. The lowest BCUT2D eigenvalue weighted by Gasteiger charge is -2.31. The zero-order valence-electron chi connectivity index (χ0n) is 15.7. The van der Waals surface area contributed by atoms with Crippen LogP contribution in [0.4, 0.5) is 5.69 Å². The van der Waals surface area contributed by atoms with Gasteiger partial charge in [-0.1, -0.05) is 24.3 Å². The first kappa shape index (κ1) is 17.5. The molecule has 0 atom stereocenters. The Morgan fingerprint density at radius 2 is 2.07 bits per heavy atom. The van der Waals surface area contributed by atoms with Crippen molar-refractivity contribution in [2.24, 2.45) is 0 Å². The number of aromatic hydroxyl groups is 1. The van der Waals surface area contributed by atoms with Gasteiger partial charge in [-0.15, -0.1) is 0 Å². The van der Waals surface area contributed by atoms with Crippen molar-refractivity contribution in [2.75, 3.05) is 38.7 Å². The van der Waals surface area contributed by atoms with Crippen molar-refractivity contribution >= 4 is 16.5 Å². The summed E-state index contributed by atoms with van der Waals surface area (Å²) in [6.45, 7) is 2.93. The number of rotatable bonds is 5. The molecule has 4 rings (SSSR count). The van der Waals surface area contributed by atoms with E-state index in [-0.39, 0.29) is 5.75 Å². The molecule has 1 aromatic heterocycles. The van der Waals surface area contributed by atoms with Gasteiger partial charge in [0.05, 0.1) is 12.2 Å². The van der Waals surface area contributed by atoms with E-state index in [1.807, 2.05) is 44.6 Å². The molecule has 140 valence electrons. The first-order valence-corrected chi connectivity index (χ1v) is 9.19. The van der Waals surface area contributed by atoms with E-state index in [4.69, 9.17) is 4.74 Å². The van der Waals surface area contributed by atoms with Gasteiger partial charge in [-0.2, -0.15) is 4.98 Å². The van der Waals surface area contributed by atoms with Gasteiger partial charge in [0.25, 0.3) is 0 Å². The number of phenolic OH excluding ortho intramolecular Hbond substituents is 1. The Hall–Kier alpha value is -2.86. The SMILES string of the molecule is CN(C)CCOc1ncc2c(n1)CN(c1cc(O)cc3ccccc13)CC2. The Kier molecular flexibility index (Phi) is 4.81. The molecule has 2 aromatic carbocycles. The molecule has 27 heavy (non-hydrogen) atoms. The Morgan fingerprint density at radius 3 is 2.93 bits per heavy atom. The molecular formula is C21H24N4O2. The van der Waals surface area contributed by atoms with Gasteiger partial charge >= 0.3 is 6.01 Å². The highest BCUT2D eigenvalue weighted by molar-refractivity contribution is 5.95. The van der Waals surface area contributed by atoms with E-state index in [1.165, 1.54) is 0 Å². The molecule has 0 unspecified atom stereocenters. The number of benzene rings is 2. The minimum atomic E-state index is 0.282. The summed E-state index contributed by atoms with van der Waals surface area (Å²) in [5, 5.41) is 12.3. The average molecular weight is 364 g/mol. The zero-order chi connectivity index (χ0) is 18.8. The largest absolute Gasteiger partial charge is 0.508 e. The van der Waals surface area contributed by atoms with Crippen molar-refractivity contribution in [2.45, 2.75) is 13.0 Å². The Balaban J connectivity index is 1.59. The monoisotopic (exact) mass is 364 g/mol. The number of hydrogen-bond donors (Lipinski definition) is 1. The van der Waals surface area contributed by atoms with E-state index < -0.39 is 0 Å². The molecule has 0 fully saturated rings. The maximum atomic E-state index is 10.1. The highest BCUT2D eigenvalue weighted by atomic mass is 16.5. The standard InChI is InChI=1S/C21H24N4O2/c1-24(2)9-10-27-21-22-13-16-7-8-25(14-19(16)23-21)20-12-17(26)11-15-5-3-4-6-18(15)20/h3-6,11-13,26H,7-10,14H2,1-2H3. The van der Waals surface area contributed by atoms with Crippen molar-refractivity contribution in [1.82, 2.24) is 14.9 Å². The normalized spacial score (nSPS) is 13.8. The maximum Gasteiger partial charge on any atom is 0.316 e. The minimum absolute atomic E-state index is 0.282. The summed E-state index contributed by atoms with van der Waals surface area (Å²) in [4.78, 5) is 13.3. The molecule has 1 aliphatic heterocycles. The highest BCUT2D eigenvalue weighted by Crippen LogP contribution is 2.34. The average Bonchev–Trinajstić information content (AvgIpc) is 2.66. The highest BCUT2D eigenvalue weighted by Gasteiger charge is 2.21. The molecule has 0 aliphatic carbocycles. The van der Waals surface area contributed by atoms with Crippen LogP contribution in [0.3, 0.4) is 0 Å². The van der Waals surface area contributed by atoms with Gasteiger partial charge in [-0.05, 0) is 37.5 Å². The molecular weight excluding hydrogens is 340 g/mol. The van der Waals surface area contributed by atoms with E-state index in [1.54, 1.807) is 6.07 Å². The van der Waals surface area contributed by atoms with Crippen LogP contribution in [0.15, 0.2) is 42.6 Å². The van der Waals surface area contributed by atoms with Crippen molar-refractivity contribution < 1.29 is 9.84 Å². The summed E-state index contributed by atoms with van der Waals surface area (Å²) in [5.74, 6) is 0.282. The Morgan fingerprint density at radius 1 is 1.22 bits per heavy atom. The van der Waals surface area contributed by atoms with Crippen molar-refractivity contribution in [1.29, 1.82) is 0 Å². The van der Waals surface area contributed by atoms with Crippen LogP contribution in [0.1, 0.15) is 11.3 Å². The molecule has 0 saturated carbocycles. The van der Waals surface area contributed by atoms with Gasteiger partial charge in [0.1, 0.15) is 12.4 Å². The van der Waals surface area contributed by atoms with Crippen molar-refractivity contribution in [3.63, 3.8) is 0 Å². The number of fused-ring (bicyclic) bond motifs is 2. The number of anilines is 1. The number of ether oxygens (including phenoxy) is 1. The summed E-state index contributed by atoms with van der Waals surface area (Å²) in [6, 6.07) is 12.2. The number of hydrogen-bond acceptors (Lipinski definition) is 6. The second-order valence-corrected chi connectivity index (χ2v) is 7.13. The van der Waals surface area contributed by atoms with Crippen LogP contribution >= 0.6 is 0 Å². The predicted molar refractivity (Wildman–Crippen MR) is 106 cm³/mol.